The lowest BCUT2D eigenvalue weighted by atomic mass is 10.8. The van der Waals surface area contributed by atoms with Crippen LogP contribution in [0.15, 0.2) is 8.76 Å². The first-order valence-corrected chi connectivity index (χ1v) is 5.55. The van der Waals surface area contributed by atoms with Crippen molar-refractivity contribution in [3.63, 3.8) is 0 Å². The van der Waals surface area contributed by atoms with Gasteiger partial charge in [0.15, 0.2) is 4.34 Å². The van der Waals surface area contributed by atoms with Crippen LogP contribution in [0, 0.1) is 6.92 Å². The van der Waals surface area contributed by atoms with Crippen molar-refractivity contribution in [3.05, 3.63) is 11.8 Å². The summed E-state index contributed by atoms with van der Waals surface area (Å²) in [5.74, 6) is 1.74. The normalized spacial score (nSPS) is 10.6. The lowest BCUT2D eigenvalue weighted by Crippen LogP contribution is -1.80. The molecule has 0 atom stereocenters. The first kappa shape index (κ1) is 9.41. The highest BCUT2D eigenvalue weighted by atomic mass is 32.2. The molecule has 0 aliphatic rings. The fourth-order valence-corrected chi connectivity index (χ4v) is 2.27. The summed E-state index contributed by atoms with van der Waals surface area (Å²) in [6, 6.07) is 0. The number of aryl methyl sites for hydroxylation is 1. The number of thioether (sulfide) groups is 1. The summed E-state index contributed by atoms with van der Waals surface area (Å²) in [5.41, 5.74) is 5.43. The second kappa shape index (κ2) is 3.93. The third-order valence-electron chi connectivity index (χ3n) is 1.31. The van der Waals surface area contributed by atoms with Crippen LogP contribution < -0.4 is 5.73 Å². The van der Waals surface area contributed by atoms with Crippen molar-refractivity contribution in [1.82, 2.24) is 20.4 Å². The van der Waals surface area contributed by atoms with Crippen molar-refractivity contribution in [2.45, 2.75) is 17.0 Å². The van der Waals surface area contributed by atoms with Crippen LogP contribution in [0.3, 0.4) is 0 Å². The molecular formula is C6H7N5OS2. The number of nitrogens with zero attached hydrogens (tertiary/aromatic N) is 4. The number of rotatable bonds is 3. The van der Waals surface area contributed by atoms with Crippen LogP contribution in [0.2, 0.25) is 0 Å². The predicted molar refractivity (Wildman–Crippen MR) is 52.9 cm³/mol. The number of hydrogen-bond donors (Lipinski definition) is 1. The summed E-state index contributed by atoms with van der Waals surface area (Å²) in [6.45, 7) is 1.75. The van der Waals surface area contributed by atoms with E-state index in [1.165, 1.54) is 23.1 Å². The molecular weight excluding hydrogens is 222 g/mol. The standard InChI is InChI=1S/C6H7N5OS2/c1-3-8-9-4(12-3)2-13-6-11-10-5(7)14-6/h2H2,1H3,(H2,7,10). The minimum atomic E-state index is 0.467. The van der Waals surface area contributed by atoms with E-state index in [0.29, 0.717) is 22.7 Å². The molecule has 6 nitrogen and oxygen atoms in total. The van der Waals surface area contributed by atoms with Crippen LogP contribution in [-0.4, -0.2) is 20.4 Å². The van der Waals surface area contributed by atoms with Crippen molar-refractivity contribution < 1.29 is 4.42 Å². The van der Waals surface area contributed by atoms with Crippen LogP contribution in [0.25, 0.3) is 0 Å². The van der Waals surface area contributed by atoms with Gasteiger partial charge in [-0.2, -0.15) is 0 Å². The van der Waals surface area contributed by atoms with E-state index in [4.69, 9.17) is 10.2 Å². The number of hydrogen-bond acceptors (Lipinski definition) is 8. The van der Waals surface area contributed by atoms with Gasteiger partial charge in [-0.15, -0.1) is 20.4 Å². The van der Waals surface area contributed by atoms with Gasteiger partial charge in [0.05, 0.1) is 5.75 Å². The van der Waals surface area contributed by atoms with E-state index in [1.807, 2.05) is 0 Å². The number of nitrogen functional groups attached to an aromatic ring is 1. The molecule has 2 N–H and O–H groups in total. The Morgan fingerprint density at radius 3 is 2.79 bits per heavy atom. The third kappa shape index (κ3) is 2.20. The first-order valence-electron chi connectivity index (χ1n) is 3.75. The molecule has 0 aliphatic heterocycles. The monoisotopic (exact) mass is 229 g/mol. The summed E-state index contributed by atoms with van der Waals surface area (Å²) >= 11 is 2.82. The van der Waals surface area contributed by atoms with Gasteiger partial charge < -0.3 is 10.2 Å². The Morgan fingerprint density at radius 1 is 1.36 bits per heavy atom. The highest BCUT2D eigenvalue weighted by molar-refractivity contribution is 8.00. The van der Waals surface area contributed by atoms with Gasteiger partial charge in [0.25, 0.3) is 0 Å². The fourth-order valence-electron chi connectivity index (χ4n) is 0.798. The molecule has 0 radical (unpaired) electrons. The van der Waals surface area contributed by atoms with Gasteiger partial charge in [0, 0.05) is 6.92 Å². The van der Waals surface area contributed by atoms with Gasteiger partial charge in [-0.3, -0.25) is 0 Å². The maximum absolute atomic E-state index is 5.43. The Kier molecular flexibility index (Phi) is 2.64. The maximum Gasteiger partial charge on any atom is 0.226 e. The molecule has 0 fully saturated rings. The molecule has 2 rings (SSSR count). The van der Waals surface area contributed by atoms with Gasteiger partial charge >= 0.3 is 0 Å². The summed E-state index contributed by atoms with van der Waals surface area (Å²) in [6.07, 6.45) is 0. The fraction of sp³-hybridized carbons (Fsp3) is 0.333. The molecule has 14 heavy (non-hydrogen) atoms. The van der Waals surface area contributed by atoms with Crippen molar-refractivity contribution in [2.24, 2.45) is 0 Å². The van der Waals surface area contributed by atoms with Crippen molar-refractivity contribution in [2.75, 3.05) is 5.73 Å². The Labute approximate surface area is 87.9 Å². The molecule has 2 aromatic rings. The van der Waals surface area contributed by atoms with E-state index in [2.05, 4.69) is 20.4 Å². The molecule has 0 saturated heterocycles. The zero-order valence-corrected chi connectivity index (χ0v) is 8.93. The molecule has 0 spiro atoms. The van der Waals surface area contributed by atoms with Crippen LogP contribution in [0.4, 0.5) is 5.13 Å². The molecule has 0 aliphatic carbocycles. The maximum atomic E-state index is 5.43. The summed E-state index contributed by atoms with van der Waals surface area (Å²) in [5, 5.41) is 15.6. The lowest BCUT2D eigenvalue weighted by Gasteiger charge is -1.89. The molecule has 0 unspecified atom stereocenters. The largest absolute Gasteiger partial charge is 0.425 e. The molecule has 0 amide bonds. The zero-order valence-electron chi connectivity index (χ0n) is 7.30. The topological polar surface area (TPSA) is 90.7 Å². The minimum absolute atomic E-state index is 0.467. The second-order valence-electron chi connectivity index (χ2n) is 2.41. The van der Waals surface area contributed by atoms with Gasteiger partial charge in [0.1, 0.15) is 0 Å². The van der Waals surface area contributed by atoms with E-state index >= 15 is 0 Å². The Morgan fingerprint density at radius 2 is 2.21 bits per heavy atom. The number of anilines is 1. The van der Waals surface area contributed by atoms with E-state index in [0.717, 1.165) is 4.34 Å². The van der Waals surface area contributed by atoms with Gasteiger partial charge in [-0.1, -0.05) is 23.1 Å². The highest BCUT2D eigenvalue weighted by Gasteiger charge is 2.06. The third-order valence-corrected chi connectivity index (χ3v) is 3.18. The molecule has 0 saturated carbocycles. The van der Waals surface area contributed by atoms with Crippen molar-refractivity contribution in [3.8, 4) is 0 Å². The average Bonchev–Trinajstić information content (AvgIpc) is 2.72. The van der Waals surface area contributed by atoms with E-state index in [1.54, 1.807) is 6.92 Å². The van der Waals surface area contributed by atoms with Crippen LogP contribution in [0.1, 0.15) is 11.8 Å². The first-order chi connectivity index (χ1) is 6.74. The van der Waals surface area contributed by atoms with E-state index in [9.17, 15) is 0 Å². The second-order valence-corrected chi connectivity index (χ2v) is 4.64. The van der Waals surface area contributed by atoms with Gasteiger partial charge in [-0.25, -0.2) is 0 Å². The van der Waals surface area contributed by atoms with Gasteiger partial charge in [-0.05, 0) is 0 Å². The summed E-state index contributed by atoms with van der Waals surface area (Å²) in [7, 11) is 0. The van der Waals surface area contributed by atoms with E-state index in [-0.39, 0.29) is 0 Å². The van der Waals surface area contributed by atoms with Crippen LogP contribution in [0.5, 0.6) is 0 Å². The number of nitrogens with two attached hydrogens (primary N) is 1. The highest BCUT2D eigenvalue weighted by Crippen LogP contribution is 2.26. The summed E-state index contributed by atoms with van der Waals surface area (Å²) in [4.78, 5) is 0. The van der Waals surface area contributed by atoms with E-state index < -0.39 is 0 Å². The predicted octanol–water partition coefficient (Wildman–Crippen LogP) is 1.10. The molecule has 2 heterocycles. The molecule has 74 valence electrons. The molecule has 0 bridgehead atoms. The smallest absolute Gasteiger partial charge is 0.226 e. The Balaban J connectivity index is 1.94. The van der Waals surface area contributed by atoms with Crippen LogP contribution >= 0.6 is 23.1 Å². The molecule has 2 aromatic heterocycles. The Bertz CT molecular complexity index is 385. The molecule has 0 aromatic carbocycles. The Hall–Kier alpha value is -1.15. The van der Waals surface area contributed by atoms with Crippen molar-refractivity contribution in [1.29, 1.82) is 0 Å². The lowest BCUT2D eigenvalue weighted by molar-refractivity contribution is 0.485. The zero-order chi connectivity index (χ0) is 9.97. The minimum Gasteiger partial charge on any atom is -0.425 e. The average molecular weight is 229 g/mol. The van der Waals surface area contributed by atoms with Crippen LogP contribution in [-0.2, 0) is 5.75 Å². The SMILES string of the molecule is Cc1nnc(CSc2nnc(N)s2)o1. The van der Waals surface area contributed by atoms with Gasteiger partial charge in [0.2, 0.25) is 16.9 Å². The van der Waals surface area contributed by atoms with Crippen molar-refractivity contribution >= 4 is 28.2 Å². The number of aromatic nitrogens is 4. The summed E-state index contributed by atoms with van der Waals surface area (Å²) < 4.78 is 6.00. The quantitative estimate of drug-likeness (QED) is 0.788. The molecule has 8 heteroatoms.